The molecule has 1 unspecified atom stereocenters. The summed E-state index contributed by atoms with van der Waals surface area (Å²) >= 11 is 8.42. The highest BCUT2D eigenvalue weighted by Crippen LogP contribution is 2.43. The van der Waals surface area contributed by atoms with Crippen LogP contribution in [0.1, 0.15) is 31.0 Å². The van der Waals surface area contributed by atoms with Crippen molar-refractivity contribution in [2.24, 2.45) is 0 Å². The molecular formula is C29H31ClF6N8O4S. The van der Waals surface area contributed by atoms with Crippen LogP contribution in [-0.2, 0) is 16.0 Å². The molecule has 1 atom stereocenters. The van der Waals surface area contributed by atoms with E-state index in [1.165, 1.54) is 17.3 Å². The number of piperazine rings is 1. The lowest BCUT2D eigenvalue weighted by Gasteiger charge is -2.36. The fourth-order valence-corrected chi connectivity index (χ4v) is 6.42. The predicted octanol–water partition coefficient (Wildman–Crippen LogP) is 4.97. The van der Waals surface area contributed by atoms with Crippen LogP contribution < -0.4 is 4.90 Å². The molecule has 3 aliphatic rings. The lowest BCUT2D eigenvalue weighted by molar-refractivity contribution is -0.193. The van der Waals surface area contributed by atoms with Crippen LogP contribution in [0.2, 0.25) is 0 Å². The van der Waals surface area contributed by atoms with Crippen molar-refractivity contribution < 1.29 is 46.1 Å². The van der Waals surface area contributed by atoms with E-state index in [1.54, 1.807) is 12.4 Å². The first-order valence-corrected chi connectivity index (χ1v) is 16.0. The number of hydrogen-bond donors (Lipinski definition) is 2. The van der Waals surface area contributed by atoms with Crippen LogP contribution in [0, 0.1) is 0 Å². The smallest absolute Gasteiger partial charge is 0.475 e. The second kappa shape index (κ2) is 15.8. The number of carboxylic acids is 2. The van der Waals surface area contributed by atoms with E-state index in [0.29, 0.717) is 11.7 Å². The first-order chi connectivity index (χ1) is 23.0. The molecule has 0 saturated carbocycles. The Morgan fingerprint density at radius 3 is 2.16 bits per heavy atom. The summed E-state index contributed by atoms with van der Waals surface area (Å²) in [6, 6.07) is 2.56. The van der Waals surface area contributed by atoms with Gasteiger partial charge < -0.3 is 20.0 Å². The summed E-state index contributed by atoms with van der Waals surface area (Å²) in [5.41, 5.74) is 4.73. The van der Waals surface area contributed by atoms with Gasteiger partial charge in [-0.1, -0.05) is 18.5 Å². The lowest BCUT2D eigenvalue weighted by Crippen LogP contribution is -2.49. The van der Waals surface area contributed by atoms with E-state index >= 15 is 0 Å². The molecule has 2 fully saturated rings. The number of rotatable bonds is 5. The van der Waals surface area contributed by atoms with Gasteiger partial charge in [-0.05, 0) is 43.3 Å². The van der Waals surface area contributed by atoms with Gasteiger partial charge in [0.05, 0.1) is 16.3 Å². The summed E-state index contributed by atoms with van der Waals surface area (Å²) in [4.78, 5) is 49.4. The average Bonchev–Trinajstić information content (AvgIpc) is 3.65. The highest BCUT2D eigenvalue weighted by Gasteiger charge is 2.39. The van der Waals surface area contributed by atoms with Gasteiger partial charge in [0.15, 0.2) is 10.8 Å². The Hall–Kier alpha value is -3.81. The maximum Gasteiger partial charge on any atom is 0.490 e. The van der Waals surface area contributed by atoms with Crippen LogP contribution in [-0.4, -0.2) is 122 Å². The minimum atomic E-state index is -5.08. The van der Waals surface area contributed by atoms with E-state index in [4.69, 9.17) is 41.4 Å². The van der Waals surface area contributed by atoms with Gasteiger partial charge >= 0.3 is 24.3 Å². The van der Waals surface area contributed by atoms with Crippen molar-refractivity contribution in [1.29, 1.82) is 0 Å². The third-order valence-electron chi connectivity index (χ3n) is 7.79. The van der Waals surface area contributed by atoms with Gasteiger partial charge in [-0.15, -0.1) is 0 Å². The van der Waals surface area contributed by atoms with E-state index in [1.807, 2.05) is 12.3 Å². The van der Waals surface area contributed by atoms with E-state index in [9.17, 15) is 26.3 Å². The second-order valence-corrected chi connectivity index (χ2v) is 12.5. The Bertz CT molecular complexity index is 1680. The fraction of sp³-hybridized carbons (Fsp3) is 0.483. The molecule has 1 aliphatic carbocycles. The number of alkyl halides is 6. The Labute approximate surface area is 285 Å². The van der Waals surface area contributed by atoms with Gasteiger partial charge in [0.25, 0.3) is 0 Å². The molecule has 0 radical (unpaired) electrons. The Morgan fingerprint density at radius 2 is 1.57 bits per heavy atom. The highest BCUT2D eigenvalue weighted by molar-refractivity contribution is 7.99. The molecule has 0 spiro atoms. The van der Waals surface area contributed by atoms with Crippen LogP contribution in [0.5, 0.6) is 0 Å². The molecule has 49 heavy (non-hydrogen) atoms. The zero-order valence-electron chi connectivity index (χ0n) is 26.1. The van der Waals surface area contributed by atoms with Crippen LogP contribution in [0.25, 0.3) is 16.2 Å². The summed E-state index contributed by atoms with van der Waals surface area (Å²) in [5.74, 6) is -4.53. The molecule has 266 valence electrons. The number of likely N-dealkylation sites (N-methyl/N-ethyl adjacent to an activating group) is 1. The Balaban J connectivity index is 0.000000327. The normalized spacial score (nSPS) is 18.5. The molecule has 0 amide bonds. The number of hydrogen-bond acceptors (Lipinski definition) is 11. The van der Waals surface area contributed by atoms with Crippen molar-refractivity contribution >= 4 is 57.3 Å². The number of carbonyl (C=O) groups is 2. The first-order valence-electron chi connectivity index (χ1n) is 14.8. The summed E-state index contributed by atoms with van der Waals surface area (Å²) in [6.07, 6.45) is -2.13. The minimum absolute atomic E-state index is 0.559. The summed E-state index contributed by atoms with van der Waals surface area (Å²) in [5, 5.41) is 15.8. The number of fused-ring (bicyclic) bond motifs is 2. The maximum atomic E-state index is 10.6. The topological polar surface area (TPSA) is 149 Å². The van der Waals surface area contributed by atoms with Gasteiger partial charge in [-0.25, -0.2) is 29.5 Å². The van der Waals surface area contributed by atoms with Crippen LogP contribution >= 0.6 is 23.4 Å². The second-order valence-electron chi connectivity index (χ2n) is 11.1. The number of aliphatic carboxylic acids is 2. The Morgan fingerprint density at radius 1 is 0.959 bits per heavy atom. The lowest BCUT2D eigenvalue weighted by atomic mass is 10.2. The van der Waals surface area contributed by atoms with E-state index in [2.05, 4.69) is 43.6 Å². The predicted molar refractivity (Wildman–Crippen MR) is 167 cm³/mol. The first kappa shape index (κ1) is 38.0. The van der Waals surface area contributed by atoms with Gasteiger partial charge in [-0.3, -0.25) is 9.88 Å². The number of aromatic nitrogens is 5. The van der Waals surface area contributed by atoms with Crippen molar-refractivity contribution in [2.45, 2.75) is 54.6 Å². The molecule has 2 N–H and O–H groups in total. The zero-order valence-corrected chi connectivity index (χ0v) is 27.7. The summed E-state index contributed by atoms with van der Waals surface area (Å²) in [6.45, 7) is 8.68. The third kappa shape index (κ3) is 9.89. The van der Waals surface area contributed by atoms with Crippen LogP contribution in [0.4, 0.5) is 32.2 Å². The number of allylic oxidation sites excluding steroid dienone is 1. The van der Waals surface area contributed by atoms with Gasteiger partial charge in [0.2, 0.25) is 0 Å². The number of halogens is 7. The van der Waals surface area contributed by atoms with Crippen molar-refractivity contribution in [1.82, 2.24) is 34.7 Å². The number of pyridine rings is 1. The summed E-state index contributed by atoms with van der Waals surface area (Å²) in [7, 11) is 2.21. The molecule has 6 rings (SSSR count). The molecule has 5 heterocycles. The quantitative estimate of drug-likeness (QED) is 0.268. The van der Waals surface area contributed by atoms with E-state index < -0.39 is 24.3 Å². The highest BCUT2D eigenvalue weighted by atomic mass is 35.5. The molecule has 0 bridgehead atoms. The van der Waals surface area contributed by atoms with E-state index in [0.717, 1.165) is 96.2 Å². The molecule has 2 saturated heterocycles. The number of nitrogens with zero attached hydrogens (tertiary/aromatic N) is 8. The van der Waals surface area contributed by atoms with Crippen LogP contribution in [0.3, 0.4) is 0 Å². The monoisotopic (exact) mass is 736 g/mol. The van der Waals surface area contributed by atoms with Crippen molar-refractivity contribution in [3.8, 4) is 0 Å². The maximum absolute atomic E-state index is 10.6. The standard InChI is InChI=1S/C25H29ClN8S.2C2HF3O2/c1-3-16-12-19-21(22(16)26)24(34-7-4-17(15-34)33-10-8-32(2)9-11-33)31-25(30-19)35-18-13-20-23(29-14-18)28-6-5-27-20;2*3-2(4,5)1(6)7/h5-6,13-14,17H,3-4,7-12,15H2,1-2H3;2*(H,6,7). The fourth-order valence-electron chi connectivity index (χ4n) is 5.26. The zero-order chi connectivity index (χ0) is 36.1. The minimum Gasteiger partial charge on any atom is -0.475 e. The molecule has 3 aromatic rings. The molecular weight excluding hydrogens is 706 g/mol. The molecule has 20 heteroatoms. The third-order valence-corrected chi connectivity index (χ3v) is 9.07. The summed E-state index contributed by atoms with van der Waals surface area (Å²) < 4.78 is 63.5. The number of anilines is 1. The van der Waals surface area contributed by atoms with E-state index in [-0.39, 0.29) is 0 Å². The average molecular weight is 737 g/mol. The van der Waals surface area contributed by atoms with Crippen molar-refractivity contribution in [3.63, 3.8) is 0 Å². The number of carboxylic acid groups (broad SMARTS) is 2. The van der Waals surface area contributed by atoms with Gasteiger partial charge in [0.1, 0.15) is 11.3 Å². The SMILES string of the molecule is CCC1=C(Cl)c2c(nc(Sc3cnc4nccnc4c3)nc2N2CCC(N3CCN(C)CC3)C2)C1.O=C(O)C(F)(F)F.O=C(O)C(F)(F)F. The molecule has 2 aliphatic heterocycles. The largest absolute Gasteiger partial charge is 0.490 e. The molecule has 3 aromatic heterocycles. The van der Waals surface area contributed by atoms with Crippen molar-refractivity contribution in [2.75, 3.05) is 51.2 Å². The molecule has 0 aromatic carbocycles. The van der Waals surface area contributed by atoms with Crippen LogP contribution in [0.15, 0.2) is 40.3 Å². The Kier molecular flexibility index (Phi) is 12.3. The van der Waals surface area contributed by atoms with Crippen molar-refractivity contribution in [3.05, 3.63) is 41.5 Å². The molecule has 12 nitrogen and oxygen atoms in total. The van der Waals surface area contributed by atoms with Gasteiger partial charge in [-0.2, -0.15) is 26.3 Å². The van der Waals surface area contributed by atoms with Gasteiger partial charge in [0, 0.05) is 75.2 Å².